The molecule has 4 heteroatoms. The highest BCUT2D eigenvalue weighted by molar-refractivity contribution is 7.98. The quantitative estimate of drug-likeness (QED) is 0.598. The van der Waals surface area contributed by atoms with Crippen LogP contribution in [0.25, 0.3) is 0 Å². The number of aromatic nitrogens is 2. The molecule has 0 N–H and O–H groups in total. The highest BCUT2D eigenvalue weighted by Gasteiger charge is 2.14. The van der Waals surface area contributed by atoms with Gasteiger partial charge in [0.2, 0.25) is 0 Å². The predicted octanol–water partition coefficient (Wildman–Crippen LogP) is 3.44. The zero-order valence-corrected chi connectivity index (χ0v) is 12.1. The van der Waals surface area contributed by atoms with Crippen LogP contribution < -0.4 is 0 Å². The molecule has 100 valence electrons. The van der Waals surface area contributed by atoms with E-state index in [9.17, 15) is 4.79 Å². The molecule has 0 amide bonds. The Hall–Kier alpha value is -1.55. The molecule has 0 saturated heterocycles. The zero-order valence-electron chi connectivity index (χ0n) is 11.3. The van der Waals surface area contributed by atoms with Crippen LogP contribution in [-0.2, 0) is 13.0 Å². The van der Waals surface area contributed by atoms with Crippen molar-refractivity contribution in [3.05, 3.63) is 48.0 Å². The Morgan fingerprint density at radius 2 is 2.16 bits per heavy atom. The van der Waals surface area contributed by atoms with Gasteiger partial charge in [-0.25, -0.2) is 4.98 Å². The summed E-state index contributed by atoms with van der Waals surface area (Å²) >= 11 is 1.60. The van der Waals surface area contributed by atoms with Gasteiger partial charge in [-0.05, 0) is 18.7 Å². The highest BCUT2D eigenvalue weighted by atomic mass is 32.2. The molecule has 0 bridgehead atoms. The number of hydrogen-bond acceptors (Lipinski definition) is 3. The van der Waals surface area contributed by atoms with Crippen molar-refractivity contribution in [3.8, 4) is 0 Å². The first kappa shape index (κ1) is 13.9. The van der Waals surface area contributed by atoms with E-state index >= 15 is 0 Å². The number of carbonyl (C=O) groups excluding carboxylic acids is 1. The Balaban J connectivity index is 2.18. The third kappa shape index (κ3) is 3.26. The van der Waals surface area contributed by atoms with Gasteiger partial charge < -0.3 is 4.57 Å². The summed E-state index contributed by atoms with van der Waals surface area (Å²) in [7, 11) is 0. The van der Waals surface area contributed by atoms with Crippen LogP contribution in [0.3, 0.4) is 0 Å². The van der Waals surface area contributed by atoms with Crippen LogP contribution in [0.4, 0.5) is 0 Å². The number of thioether (sulfide) groups is 1. The maximum Gasteiger partial charge on any atom is 0.171 e. The van der Waals surface area contributed by atoms with E-state index < -0.39 is 0 Å². The number of Topliss-reactive ketones (excluding diaryl/α,β-unsaturated/α-hetero) is 1. The van der Waals surface area contributed by atoms with Crippen LogP contribution >= 0.6 is 11.8 Å². The summed E-state index contributed by atoms with van der Waals surface area (Å²) in [4.78, 5) is 17.7. The van der Waals surface area contributed by atoms with E-state index in [1.807, 2.05) is 36.7 Å². The molecule has 2 rings (SSSR count). The van der Waals surface area contributed by atoms with Crippen molar-refractivity contribution >= 4 is 17.5 Å². The SMILES string of the molecule is CCCn1ccnc1CC(=O)c1ccccc1SC. The van der Waals surface area contributed by atoms with Gasteiger partial charge in [0.05, 0.1) is 6.42 Å². The molecule has 0 spiro atoms. The smallest absolute Gasteiger partial charge is 0.171 e. The average molecular weight is 274 g/mol. The van der Waals surface area contributed by atoms with Gasteiger partial charge in [0, 0.05) is 29.4 Å². The van der Waals surface area contributed by atoms with Crippen molar-refractivity contribution in [2.45, 2.75) is 31.2 Å². The molecule has 0 radical (unpaired) electrons. The van der Waals surface area contributed by atoms with Gasteiger partial charge in [-0.3, -0.25) is 4.79 Å². The van der Waals surface area contributed by atoms with Crippen LogP contribution in [0.2, 0.25) is 0 Å². The average Bonchev–Trinajstić information content (AvgIpc) is 2.86. The Morgan fingerprint density at radius 1 is 1.37 bits per heavy atom. The first-order valence-electron chi connectivity index (χ1n) is 6.42. The summed E-state index contributed by atoms with van der Waals surface area (Å²) in [6.07, 6.45) is 7.10. The number of hydrogen-bond donors (Lipinski definition) is 0. The second-order valence-corrected chi connectivity index (χ2v) is 5.19. The Bertz CT molecular complexity index is 563. The number of aryl methyl sites for hydroxylation is 1. The molecule has 1 aromatic carbocycles. The highest BCUT2D eigenvalue weighted by Crippen LogP contribution is 2.21. The summed E-state index contributed by atoms with van der Waals surface area (Å²) < 4.78 is 2.06. The van der Waals surface area contributed by atoms with Gasteiger partial charge in [0.15, 0.2) is 5.78 Å². The zero-order chi connectivity index (χ0) is 13.7. The Morgan fingerprint density at radius 3 is 2.89 bits per heavy atom. The lowest BCUT2D eigenvalue weighted by Gasteiger charge is -2.08. The van der Waals surface area contributed by atoms with Gasteiger partial charge in [-0.2, -0.15) is 0 Å². The molecule has 2 aromatic rings. The largest absolute Gasteiger partial charge is 0.335 e. The van der Waals surface area contributed by atoms with Crippen molar-refractivity contribution in [2.75, 3.05) is 6.26 Å². The lowest BCUT2D eigenvalue weighted by Crippen LogP contribution is -2.11. The lowest BCUT2D eigenvalue weighted by molar-refractivity contribution is 0.0987. The molecule has 0 aliphatic carbocycles. The number of nitrogens with zero attached hydrogens (tertiary/aromatic N) is 2. The van der Waals surface area contributed by atoms with E-state index in [0.29, 0.717) is 6.42 Å². The monoisotopic (exact) mass is 274 g/mol. The van der Waals surface area contributed by atoms with Crippen LogP contribution in [-0.4, -0.2) is 21.6 Å². The molecule has 0 unspecified atom stereocenters. The van der Waals surface area contributed by atoms with Crippen molar-refractivity contribution < 1.29 is 4.79 Å². The fourth-order valence-electron chi connectivity index (χ4n) is 2.07. The minimum Gasteiger partial charge on any atom is -0.335 e. The first-order valence-corrected chi connectivity index (χ1v) is 7.65. The van der Waals surface area contributed by atoms with Gasteiger partial charge >= 0.3 is 0 Å². The molecular weight excluding hydrogens is 256 g/mol. The lowest BCUT2D eigenvalue weighted by atomic mass is 10.1. The van der Waals surface area contributed by atoms with Gasteiger partial charge in [-0.15, -0.1) is 11.8 Å². The van der Waals surface area contributed by atoms with Crippen molar-refractivity contribution in [2.24, 2.45) is 0 Å². The van der Waals surface area contributed by atoms with Crippen LogP contribution in [0, 0.1) is 0 Å². The van der Waals surface area contributed by atoms with E-state index in [0.717, 1.165) is 29.2 Å². The molecule has 3 nitrogen and oxygen atoms in total. The van der Waals surface area contributed by atoms with Gasteiger partial charge in [0.25, 0.3) is 0 Å². The van der Waals surface area contributed by atoms with Crippen LogP contribution in [0.5, 0.6) is 0 Å². The summed E-state index contributed by atoms with van der Waals surface area (Å²) in [5.41, 5.74) is 0.793. The van der Waals surface area contributed by atoms with Crippen molar-refractivity contribution in [3.63, 3.8) is 0 Å². The van der Waals surface area contributed by atoms with Crippen molar-refractivity contribution in [1.82, 2.24) is 9.55 Å². The fraction of sp³-hybridized carbons (Fsp3) is 0.333. The van der Waals surface area contributed by atoms with E-state index in [-0.39, 0.29) is 5.78 Å². The number of carbonyl (C=O) groups is 1. The normalized spacial score (nSPS) is 10.6. The maximum atomic E-state index is 12.4. The predicted molar refractivity (Wildman–Crippen MR) is 78.8 cm³/mol. The Kier molecular flexibility index (Phi) is 4.80. The first-order chi connectivity index (χ1) is 9.26. The Labute approximate surface area is 118 Å². The number of rotatable bonds is 6. The summed E-state index contributed by atoms with van der Waals surface area (Å²) in [6.45, 7) is 3.03. The van der Waals surface area contributed by atoms with E-state index in [2.05, 4.69) is 16.5 Å². The molecule has 19 heavy (non-hydrogen) atoms. The topological polar surface area (TPSA) is 34.9 Å². The molecule has 0 saturated carbocycles. The number of benzene rings is 1. The van der Waals surface area contributed by atoms with Crippen LogP contribution in [0.1, 0.15) is 29.5 Å². The summed E-state index contributed by atoms with van der Waals surface area (Å²) in [5.74, 6) is 0.983. The minimum absolute atomic E-state index is 0.133. The van der Waals surface area contributed by atoms with Gasteiger partial charge in [0.1, 0.15) is 5.82 Å². The number of imidazole rings is 1. The molecule has 0 aliphatic heterocycles. The third-order valence-electron chi connectivity index (χ3n) is 2.99. The van der Waals surface area contributed by atoms with E-state index in [1.54, 1.807) is 18.0 Å². The van der Waals surface area contributed by atoms with Gasteiger partial charge in [-0.1, -0.05) is 25.1 Å². The fourth-order valence-corrected chi connectivity index (χ4v) is 2.68. The third-order valence-corrected chi connectivity index (χ3v) is 3.79. The minimum atomic E-state index is 0.133. The second-order valence-electron chi connectivity index (χ2n) is 4.34. The molecule has 0 fully saturated rings. The summed E-state index contributed by atoms with van der Waals surface area (Å²) in [5, 5.41) is 0. The van der Waals surface area contributed by atoms with Crippen molar-refractivity contribution in [1.29, 1.82) is 0 Å². The maximum absolute atomic E-state index is 12.4. The molecule has 1 aromatic heterocycles. The summed E-state index contributed by atoms with van der Waals surface area (Å²) in [6, 6.07) is 7.74. The molecule has 0 aliphatic rings. The molecular formula is C15H18N2OS. The second kappa shape index (κ2) is 6.57. The molecule has 1 heterocycles. The standard InChI is InChI=1S/C15H18N2OS/c1-3-9-17-10-8-16-15(17)11-13(18)12-6-4-5-7-14(12)19-2/h4-8,10H,3,9,11H2,1-2H3. The van der Waals surface area contributed by atoms with Crippen LogP contribution in [0.15, 0.2) is 41.6 Å². The molecule has 0 atom stereocenters. The van der Waals surface area contributed by atoms with E-state index in [4.69, 9.17) is 0 Å². The van der Waals surface area contributed by atoms with E-state index in [1.165, 1.54) is 0 Å². The number of ketones is 1.